The second kappa shape index (κ2) is 7.37. The predicted molar refractivity (Wildman–Crippen MR) is 79.6 cm³/mol. The van der Waals surface area contributed by atoms with E-state index in [9.17, 15) is 4.79 Å². The van der Waals surface area contributed by atoms with Crippen LogP contribution < -0.4 is 5.32 Å². The van der Waals surface area contributed by atoms with Gasteiger partial charge in [0.05, 0.1) is 6.10 Å². The van der Waals surface area contributed by atoms with Crippen LogP contribution in [0.5, 0.6) is 0 Å². The minimum absolute atomic E-state index is 0.0476. The Balaban J connectivity index is 1.88. The number of nitrogens with one attached hydrogen (secondary N) is 1. The van der Waals surface area contributed by atoms with Crippen LogP contribution in [0.4, 0.5) is 10.5 Å². The van der Waals surface area contributed by atoms with Crippen molar-refractivity contribution in [3.05, 3.63) is 0 Å². The maximum Gasteiger partial charge on any atom is 0.411 e. The lowest BCUT2D eigenvalue weighted by atomic mass is 10.2. The lowest BCUT2D eigenvalue weighted by Crippen LogP contribution is -2.21. The highest BCUT2D eigenvalue weighted by Gasteiger charge is 2.19. The van der Waals surface area contributed by atoms with Crippen LogP contribution in [0.1, 0.15) is 12.8 Å². The van der Waals surface area contributed by atoms with Crippen molar-refractivity contribution in [2.75, 3.05) is 31.0 Å². The summed E-state index contributed by atoms with van der Waals surface area (Å²) in [5.74, 6) is 0. The zero-order valence-corrected chi connectivity index (χ0v) is 13.3. The average molecular weight is 320 g/mol. The number of aromatic nitrogens is 1. The quantitative estimate of drug-likeness (QED) is 0.840. The summed E-state index contributed by atoms with van der Waals surface area (Å²) in [4.78, 5) is 11.8. The van der Waals surface area contributed by atoms with E-state index in [2.05, 4.69) is 9.69 Å². The molecule has 0 aromatic carbocycles. The number of carbonyl (C=O) groups excluding carboxylic acids is 1. The van der Waals surface area contributed by atoms with Gasteiger partial charge in [0.15, 0.2) is 0 Å². The number of amides is 1. The van der Waals surface area contributed by atoms with Crippen LogP contribution in [0.3, 0.4) is 0 Å². The number of anilines is 1. The number of ether oxygens (including phenoxy) is 2. The average Bonchev–Trinajstić information content (AvgIpc) is 3.05. The Morgan fingerprint density at radius 2 is 2.42 bits per heavy atom. The van der Waals surface area contributed by atoms with E-state index in [0.717, 1.165) is 34.4 Å². The Bertz CT molecular complexity index is 411. The van der Waals surface area contributed by atoms with Crippen LogP contribution in [-0.4, -0.2) is 42.3 Å². The second-order valence-electron chi connectivity index (χ2n) is 3.92. The molecule has 19 heavy (non-hydrogen) atoms. The van der Waals surface area contributed by atoms with E-state index >= 15 is 0 Å². The van der Waals surface area contributed by atoms with Crippen molar-refractivity contribution in [1.82, 2.24) is 4.37 Å². The molecule has 106 valence electrons. The summed E-state index contributed by atoms with van der Waals surface area (Å²) in [7, 11) is 0. The third-order valence-electron chi connectivity index (χ3n) is 2.66. The third-order valence-corrected chi connectivity index (χ3v) is 5.40. The molecule has 0 unspecified atom stereocenters. The normalized spacial score (nSPS) is 18.5. The number of rotatable bonds is 5. The molecule has 1 amide bonds. The van der Waals surface area contributed by atoms with Crippen molar-refractivity contribution in [2.45, 2.75) is 28.2 Å². The van der Waals surface area contributed by atoms with Gasteiger partial charge in [-0.1, -0.05) is 0 Å². The van der Waals surface area contributed by atoms with E-state index in [1.165, 1.54) is 23.3 Å². The highest BCUT2D eigenvalue weighted by Crippen LogP contribution is 2.37. The molecule has 2 heterocycles. The SMILES string of the molecule is CSc1nsc(SC)c1NC(=O)OC[C@@H]1CCCO1. The van der Waals surface area contributed by atoms with Gasteiger partial charge in [0.25, 0.3) is 0 Å². The first-order valence-electron chi connectivity index (χ1n) is 5.87. The number of carbonyl (C=O) groups is 1. The van der Waals surface area contributed by atoms with Crippen LogP contribution in [-0.2, 0) is 9.47 Å². The van der Waals surface area contributed by atoms with Crippen molar-refractivity contribution in [3.8, 4) is 0 Å². The molecule has 5 nitrogen and oxygen atoms in total. The Morgan fingerprint density at radius 3 is 3.05 bits per heavy atom. The molecule has 0 spiro atoms. The molecule has 1 aromatic rings. The third kappa shape index (κ3) is 4.01. The molecular formula is C11H16N2O3S3. The summed E-state index contributed by atoms with van der Waals surface area (Å²) in [6.45, 7) is 1.07. The Hall–Kier alpha value is -0.440. The van der Waals surface area contributed by atoms with Gasteiger partial charge in [0.1, 0.15) is 21.5 Å². The molecule has 8 heteroatoms. The maximum atomic E-state index is 11.8. The summed E-state index contributed by atoms with van der Waals surface area (Å²) >= 11 is 4.46. The highest BCUT2D eigenvalue weighted by atomic mass is 32.2. The molecule has 0 saturated carbocycles. The highest BCUT2D eigenvalue weighted by molar-refractivity contribution is 8.01. The first kappa shape index (κ1) is 15.0. The molecule has 1 fully saturated rings. The van der Waals surface area contributed by atoms with E-state index < -0.39 is 6.09 Å². The van der Waals surface area contributed by atoms with Gasteiger partial charge in [-0.15, -0.1) is 23.5 Å². The van der Waals surface area contributed by atoms with Gasteiger partial charge >= 0.3 is 6.09 Å². The molecule has 1 saturated heterocycles. The van der Waals surface area contributed by atoms with Crippen molar-refractivity contribution in [1.29, 1.82) is 0 Å². The first-order valence-corrected chi connectivity index (χ1v) is 9.10. The van der Waals surface area contributed by atoms with Gasteiger partial charge in [0.2, 0.25) is 0 Å². The number of nitrogens with zero attached hydrogens (tertiary/aromatic N) is 1. The summed E-state index contributed by atoms with van der Waals surface area (Å²) < 4.78 is 15.9. The molecule has 1 atom stereocenters. The van der Waals surface area contributed by atoms with Gasteiger partial charge in [-0.2, -0.15) is 4.37 Å². The standard InChI is InChI=1S/C11H16N2O3S3/c1-17-9-8(10(18-2)19-13-9)12-11(14)16-6-7-4-3-5-15-7/h7H,3-6H2,1-2H3,(H,12,14)/t7-/m0/s1. The van der Waals surface area contributed by atoms with Crippen molar-refractivity contribution < 1.29 is 14.3 Å². The smallest absolute Gasteiger partial charge is 0.411 e. The molecule has 1 aromatic heterocycles. The van der Waals surface area contributed by atoms with Crippen LogP contribution in [0.15, 0.2) is 9.24 Å². The predicted octanol–water partition coefficient (Wildman–Crippen LogP) is 3.31. The van der Waals surface area contributed by atoms with Crippen LogP contribution in [0.2, 0.25) is 0 Å². The van der Waals surface area contributed by atoms with E-state index in [0.29, 0.717) is 6.61 Å². The molecule has 0 aliphatic carbocycles. The topological polar surface area (TPSA) is 60.5 Å². The minimum Gasteiger partial charge on any atom is -0.447 e. The fourth-order valence-corrected chi connectivity index (χ4v) is 3.88. The second-order valence-corrected chi connectivity index (χ2v) is 6.56. The molecule has 0 radical (unpaired) electrons. The fourth-order valence-electron chi connectivity index (χ4n) is 1.73. The minimum atomic E-state index is -0.443. The van der Waals surface area contributed by atoms with Crippen LogP contribution in [0, 0.1) is 0 Å². The van der Waals surface area contributed by atoms with Gasteiger partial charge in [-0.05, 0) is 36.9 Å². The first-order chi connectivity index (χ1) is 9.24. The van der Waals surface area contributed by atoms with Crippen LogP contribution >= 0.6 is 35.1 Å². The van der Waals surface area contributed by atoms with Crippen molar-refractivity contribution in [2.24, 2.45) is 0 Å². The molecule has 1 aliphatic rings. The van der Waals surface area contributed by atoms with Gasteiger partial charge in [0, 0.05) is 6.61 Å². The summed E-state index contributed by atoms with van der Waals surface area (Å²) in [6, 6.07) is 0. The lowest BCUT2D eigenvalue weighted by molar-refractivity contribution is 0.0484. The molecule has 1 aliphatic heterocycles. The monoisotopic (exact) mass is 320 g/mol. The van der Waals surface area contributed by atoms with Gasteiger partial charge < -0.3 is 9.47 Å². The molecule has 2 rings (SSSR count). The Labute approximate surface area is 125 Å². The fraction of sp³-hybridized carbons (Fsp3) is 0.636. The van der Waals surface area contributed by atoms with E-state index in [4.69, 9.17) is 9.47 Å². The Morgan fingerprint density at radius 1 is 1.58 bits per heavy atom. The number of hydrogen-bond donors (Lipinski definition) is 1. The van der Waals surface area contributed by atoms with Crippen LogP contribution in [0.25, 0.3) is 0 Å². The number of thioether (sulfide) groups is 2. The molecule has 1 N–H and O–H groups in total. The molecule has 0 bridgehead atoms. The zero-order chi connectivity index (χ0) is 13.7. The Kier molecular flexibility index (Phi) is 5.80. The summed E-state index contributed by atoms with van der Waals surface area (Å²) in [5.41, 5.74) is 0.752. The zero-order valence-electron chi connectivity index (χ0n) is 10.8. The lowest BCUT2D eigenvalue weighted by Gasteiger charge is -2.11. The van der Waals surface area contributed by atoms with E-state index in [1.807, 2.05) is 12.5 Å². The summed E-state index contributed by atoms with van der Waals surface area (Å²) in [6.07, 6.45) is 5.49. The number of hydrogen-bond acceptors (Lipinski definition) is 7. The molecular weight excluding hydrogens is 304 g/mol. The van der Waals surface area contributed by atoms with E-state index in [-0.39, 0.29) is 6.10 Å². The van der Waals surface area contributed by atoms with Gasteiger partial charge in [-0.25, -0.2) is 4.79 Å². The summed E-state index contributed by atoms with van der Waals surface area (Å²) in [5, 5.41) is 3.60. The largest absolute Gasteiger partial charge is 0.447 e. The van der Waals surface area contributed by atoms with Crippen molar-refractivity contribution >= 4 is 46.8 Å². The maximum absolute atomic E-state index is 11.8. The van der Waals surface area contributed by atoms with Gasteiger partial charge in [-0.3, -0.25) is 5.32 Å². The van der Waals surface area contributed by atoms with Crippen molar-refractivity contribution in [3.63, 3.8) is 0 Å². The van der Waals surface area contributed by atoms with E-state index in [1.54, 1.807) is 11.8 Å².